The topological polar surface area (TPSA) is 59.6 Å². The maximum absolute atomic E-state index is 5.96. The Kier molecular flexibility index (Phi) is 3.38. The lowest BCUT2D eigenvalue weighted by Gasteiger charge is -2.29. The summed E-state index contributed by atoms with van der Waals surface area (Å²) in [6, 6.07) is 0.439. The number of aliphatic imine (C=N–C) groups is 1. The van der Waals surface area contributed by atoms with Gasteiger partial charge < -0.3 is 15.8 Å². The highest BCUT2D eigenvalue weighted by Gasteiger charge is 2.37. The van der Waals surface area contributed by atoms with Crippen LogP contribution in [0.4, 0.5) is 0 Å². The van der Waals surface area contributed by atoms with E-state index in [1.807, 2.05) is 0 Å². The normalized spacial score (nSPS) is 36.9. The zero-order valence-corrected chi connectivity index (χ0v) is 10.3. The first-order chi connectivity index (χ1) is 7.60. The summed E-state index contributed by atoms with van der Waals surface area (Å²) in [4.78, 5) is 4.55. The van der Waals surface area contributed by atoms with Crippen molar-refractivity contribution in [3.05, 3.63) is 0 Å². The Morgan fingerprint density at radius 3 is 2.69 bits per heavy atom. The van der Waals surface area contributed by atoms with E-state index in [-0.39, 0.29) is 11.6 Å². The molecule has 1 aliphatic carbocycles. The predicted molar refractivity (Wildman–Crippen MR) is 65.5 cm³/mol. The minimum Gasteiger partial charge on any atom is -0.376 e. The number of rotatable bonds is 2. The molecule has 2 aliphatic rings. The molecule has 0 bridgehead atoms. The van der Waals surface area contributed by atoms with Crippen molar-refractivity contribution in [1.29, 1.82) is 0 Å². The average molecular weight is 225 g/mol. The lowest BCUT2D eigenvalue weighted by atomic mass is 9.95. The maximum atomic E-state index is 5.96. The van der Waals surface area contributed by atoms with E-state index in [4.69, 9.17) is 10.5 Å². The van der Waals surface area contributed by atoms with E-state index in [0.717, 1.165) is 13.0 Å². The zero-order chi connectivity index (χ0) is 11.6. The third-order valence-electron chi connectivity index (χ3n) is 3.95. The minimum atomic E-state index is -0.0494. The van der Waals surface area contributed by atoms with Crippen LogP contribution in [-0.2, 0) is 4.74 Å². The molecule has 2 unspecified atom stereocenters. The van der Waals surface area contributed by atoms with E-state index in [9.17, 15) is 0 Å². The van der Waals surface area contributed by atoms with Gasteiger partial charge in [-0.1, -0.05) is 12.8 Å². The number of nitrogens with zero attached hydrogens (tertiary/aromatic N) is 1. The van der Waals surface area contributed by atoms with E-state index < -0.39 is 0 Å². The summed E-state index contributed by atoms with van der Waals surface area (Å²) >= 11 is 0. The Morgan fingerprint density at radius 2 is 2.12 bits per heavy atom. The molecule has 2 atom stereocenters. The van der Waals surface area contributed by atoms with Crippen LogP contribution < -0.4 is 11.1 Å². The van der Waals surface area contributed by atoms with Crippen molar-refractivity contribution in [3.8, 4) is 0 Å². The summed E-state index contributed by atoms with van der Waals surface area (Å²) < 4.78 is 5.57. The smallest absolute Gasteiger partial charge is 0.189 e. The molecule has 1 heterocycles. The van der Waals surface area contributed by atoms with Crippen LogP contribution in [0.3, 0.4) is 0 Å². The molecule has 1 aliphatic heterocycles. The molecule has 0 aromatic rings. The van der Waals surface area contributed by atoms with E-state index in [0.29, 0.717) is 12.0 Å². The number of ether oxygens (including phenoxy) is 1. The Balaban J connectivity index is 1.92. The van der Waals surface area contributed by atoms with Crippen LogP contribution in [0, 0.1) is 0 Å². The van der Waals surface area contributed by atoms with Crippen LogP contribution in [-0.4, -0.2) is 30.3 Å². The summed E-state index contributed by atoms with van der Waals surface area (Å²) in [5, 5.41) is 3.33. The number of hydrogen-bond acceptors (Lipinski definition) is 2. The fraction of sp³-hybridized carbons (Fsp3) is 0.917. The molecular weight excluding hydrogens is 202 g/mol. The van der Waals surface area contributed by atoms with Gasteiger partial charge in [-0.3, -0.25) is 4.99 Å². The highest BCUT2D eigenvalue weighted by molar-refractivity contribution is 5.79. The first kappa shape index (κ1) is 11.7. The molecular formula is C12H23N3O. The summed E-state index contributed by atoms with van der Waals surface area (Å²) in [6.07, 6.45) is 6.15. The van der Waals surface area contributed by atoms with Gasteiger partial charge in [-0.25, -0.2) is 0 Å². The Bertz CT molecular complexity index is 273. The summed E-state index contributed by atoms with van der Waals surface area (Å²) in [5.41, 5.74) is 5.91. The Morgan fingerprint density at radius 1 is 1.44 bits per heavy atom. The number of nitrogens with two attached hydrogens (primary N) is 1. The van der Waals surface area contributed by atoms with Crippen LogP contribution in [0.25, 0.3) is 0 Å². The fourth-order valence-electron chi connectivity index (χ4n) is 2.55. The van der Waals surface area contributed by atoms with Gasteiger partial charge in [0, 0.05) is 6.61 Å². The molecule has 0 aromatic carbocycles. The second-order valence-electron chi connectivity index (χ2n) is 5.26. The molecule has 1 saturated carbocycles. The molecule has 2 fully saturated rings. The summed E-state index contributed by atoms with van der Waals surface area (Å²) in [7, 11) is 0. The van der Waals surface area contributed by atoms with Gasteiger partial charge >= 0.3 is 0 Å². The second kappa shape index (κ2) is 4.62. The second-order valence-corrected chi connectivity index (χ2v) is 5.26. The maximum Gasteiger partial charge on any atom is 0.189 e. The van der Waals surface area contributed by atoms with Crippen LogP contribution >= 0.6 is 0 Å². The molecule has 16 heavy (non-hydrogen) atoms. The van der Waals surface area contributed by atoms with Crippen molar-refractivity contribution in [2.45, 2.75) is 63.6 Å². The van der Waals surface area contributed by atoms with Crippen molar-refractivity contribution in [3.63, 3.8) is 0 Å². The van der Waals surface area contributed by atoms with Crippen molar-refractivity contribution in [2.24, 2.45) is 10.7 Å². The Hall–Kier alpha value is -0.770. The van der Waals surface area contributed by atoms with Crippen LogP contribution in [0.15, 0.2) is 4.99 Å². The average Bonchev–Trinajstić information content (AvgIpc) is 2.79. The number of guanidine groups is 1. The number of nitrogens with one attached hydrogen (secondary N) is 1. The third kappa shape index (κ3) is 2.48. The first-order valence-corrected chi connectivity index (χ1v) is 6.33. The highest BCUT2D eigenvalue weighted by atomic mass is 16.5. The SMILES string of the molecule is CC1OCCC1(C)NC(N)=NC1CCCC1. The van der Waals surface area contributed by atoms with Crippen LogP contribution in [0.2, 0.25) is 0 Å². The monoisotopic (exact) mass is 225 g/mol. The molecule has 0 aromatic heterocycles. The van der Waals surface area contributed by atoms with Crippen molar-refractivity contribution in [1.82, 2.24) is 5.32 Å². The third-order valence-corrected chi connectivity index (χ3v) is 3.95. The van der Waals surface area contributed by atoms with Gasteiger partial charge in [0.2, 0.25) is 0 Å². The van der Waals surface area contributed by atoms with E-state index in [1.165, 1.54) is 25.7 Å². The van der Waals surface area contributed by atoms with Crippen LogP contribution in [0.1, 0.15) is 46.0 Å². The molecule has 1 saturated heterocycles. The van der Waals surface area contributed by atoms with Gasteiger partial charge in [-0.05, 0) is 33.1 Å². The molecule has 2 rings (SSSR count). The van der Waals surface area contributed by atoms with E-state index >= 15 is 0 Å². The summed E-state index contributed by atoms with van der Waals surface area (Å²) in [5.74, 6) is 0.590. The van der Waals surface area contributed by atoms with Gasteiger partial charge in [0.05, 0.1) is 17.7 Å². The van der Waals surface area contributed by atoms with E-state index in [1.54, 1.807) is 0 Å². The molecule has 0 spiro atoms. The van der Waals surface area contributed by atoms with Crippen molar-refractivity contribution >= 4 is 5.96 Å². The largest absolute Gasteiger partial charge is 0.376 e. The minimum absolute atomic E-state index is 0.0494. The molecule has 0 amide bonds. The van der Waals surface area contributed by atoms with Gasteiger partial charge in [-0.15, -0.1) is 0 Å². The molecule has 4 nitrogen and oxygen atoms in total. The lowest BCUT2D eigenvalue weighted by molar-refractivity contribution is 0.0946. The first-order valence-electron chi connectivity index (χ1n) is 6.33. The highest BCUT2D eigenvalue weighted by Crippen LogP contribution is 2.25. The lowest BCUT2D eigenvalue weighted by Crippen LogP contribution is -2.53. The van der Waals surface area contributed by atoms with Gasteiger partial charge in [0.15, 0.2) is 5.96 Å². The summed E-state index contributed by atoms with van der Waals surface area (Å²) in [6.45, 7) is 5.05. The predicted octanol–water partition coefficient (Wildman–Crippen LogP) is 1.40. The molecule has 0 radical (unpaired) electrons. The van der Waals surface area contributed by atoms with Gasteiger partial charge in [-0.2, -0.15) is 0 Å². The quantitative estimate of drug-likeness (QED) is 0.551. The Labute approximate surface area is 97.6 Å². The van der Waals surface area contributed by atoms with Crippen LogP contribution in [0.5, 0.6) is 0 Å². The number of hydrogen-bond donors (Lipinski definition) is 2. The van der Waals surface area contributed by atoms with E-state index in [2.05, 4.69) is 24.2 Å². The standard InChI is InChI=1S/C12H23N3O/c1-9-12(2,7-8-16-9)15-11(13)14-10-5-3-4-6-10/h9-10H,3-8H2,1-2H3,(H3,13,14,15). The molecule has 4 heteroatoms. The van der Waals surface area contributed by atoms with Crippen molar-refractivity contribution < 1.29 is 4.74 Å². The molecule has 92 valence electrons. The fourth-order valence-corrected chi connectivity index (χ4v) is 2.55. The zero-order valence-electron chi connectivity index (χ0n) is 10.3. The van der Waals surface area contributed by atoms with Gasteiger partial charge in [0.25, 0.3) is 0 Å². The molecule has 3 N–H and O–H groups in total. The van der Waals surface area contributed by atoms with Gasteiger partial charge in [0.1, 0.15) is 0 Å². The van der Waals surface area contributed by atoms with Crippen molar-refractivity contribution in [2.75, 3.05) is 6.61 Å².